The Labute approximate surface area is 173 Å². The normalized spacial score (nSPS) is 22.4. The molecule has 3 atom stereocenters. The van der Waals surface area contributed by atoms with Crippen LogP contribution in [0, 0.1) is 0 Å². The van der Waals surface area contributed by atoms with Gasteiger partial charge < -0.3 is 19.0 Å². The fraction of sp³-hybridized carbons (Fsp3) is 0.435. The van der Waals surface area contributed by atoms with Gasteiger partial charge in [-0.3, -0.25) is 4.79 Å². The number of ether oxygens (including phenoxy) is 2. The van der Waals surface area contributed by atoms with Crippen molar-refractivity contribution in [3.8, 4) is 0 Å². The van der Waals surface area contributed by atoms with Gasteiger partial charge in [0.15, 0.2) is 6.29 Å². The molecule has 5 nitrogen and oxygen atoms in total. The second-order valence-corrected chi connectivity index (χ2v) is 12.8. The summed E-state index contributed by atoms with van der Waals surface area (Å²) in [5.41, 5.74) is 0. The van der Waals surface area contributed by atoms with Crippen molar-refractivity contribution in [2.24, 2.45) is 0 Å². The standard InChI is InChI=1S/C23H30O5Si/c1-17(24)27-20-15-22(25)28-21(20)16-26-29(23(2,3)4,18-11-7-5-8-12-18)19-13-9-6-10-14-19/h5-14,20-22,25H,15-16H2,1-4H3/t20-,21+,22-/m1/s1. The number of aliphatic hydroxyl groups excluding tert-OH is 1. The molecule has 0 bridgehead atoms. The van der Waals surface area contributed by atoms with Gasteiger partial charge in [-0.1, -0.05) is 81.4 Å². The topological polar surface area (TPSA) is 65.0 Å². The van der Waals surface area contributed by atoms with Crippen LogP contribution in [0.4, 0.5) is 0 Å². The summed E-state index contributed by atoms with van der Waals surface area (Å²) in [4.78, 5) is 11.5. The first-order chi connectivity index (χ1) is 13.7. The summed E-state index contributed by atoms with van der Waals surface area (Å²) in [5.74, 6) is -0.386. The van der Waals surface area contributed by atoms with Crippen LogP contribution in [-0.4, -0.2) is 44.5 Å². The largest absolute Gasteiger partial charge is 0.459 e. The van der Waals surface area contributed by atoms with Crippen LogP contribution in [0.5, 0.6) is 0 Å². The van der Waals surface area contributed by atoms with E-state index in [2.05, 4.69) is 45.0 Å². The first-order valence-corrected chi connectivity index (χ1v) is 11.9. The van der Waals surface area contributed by atoms with Crippen LogP contribution < -0.4 is 10.4 Å². The molecule has 2 aromatic rings. The number of hydrogen-bond donors (Lipinski definition) is 1. The van der Waals surface area contributed by atoms with E-state index in [1.165, 1.54) is 17.3 Å². The number of carbonyl (C=O) groups is 1. The van der Waals surface area contributed by atoms with Crippen LogP contribution in [0.3, 0.4) is 0 Å². The van der Waals surface area contributed by atoms with E-state index in [-0.39, 0.29) is 24.0 Å². The third-order valence-electron chi connectivity index (χ3n) is 5.38. The van der Waals surface area contributed by atoms with E-state index in [0.717, 1.165) is 0 Å². The van der Waals surface area contributed by atoms with Gasteiger partial charge in [-0.25, -0.2) is 0 Å². The molecule has 1 fully saturated rings. The Morgan fingerprint density at radius 1 is 1.07 bits per heavy atom. The predicted octanol–water partition coefficient (Wildman–Crippen LogP) is 2.60. The molecule has 0 saturated carbocycles. The molecule has 1 N–H and O–H groups in total. The molecule has 2 aromatic carbocycles. The fourth-order valence-corrected chi connectivity index (χ4v) is 8.72. The molecule has 29 heavy (non-hydrogen) atoms. The van der Waals surface area contributed by atoms with Crippen molar-refractivity contribution in [1.82, 2.24) is 0 Å². The van der Waals surface area contributed by atoms with Crippen LogP contribution in [0.15, 0.2) is 60.7 Å². The Morgan fingerprint density at radius 3 is 2.03 bits per heavy atom. The second kappa shape index (κ2) is 8.79. The van der Waals surface area contributed by atoms with Crippen LogP contribution in [0.25, 0.3) is 0 Å². The van der Waals surface area contributed by atoms with Crippen LogP contribution in [0.1, 0.15) is 34.1 Å². The first kappa shape index (κ1) is 21.7. The average Bonchev–Trinajstić information content (AvgIpc) is 3.01. The number of hydrogen-bond acceptors (Lipinski definition) is 5. The molecule has 0 unspecified atom stereocenters. The molecular weight excluding hydrogens is 384 g/mol. The average molecular weight is 415 g/mol. The fourth-order valence-electron chi connectivity index (χ4n) is 4.15. The maximum Gasteiger partial charge on any atom is 0.302 e. The van der Waals surface area contributed by atoms with E-state index in [0.29, 0.717) is 0 Å². The number of carbonyl (C=O) groups excluding carboxylic acids is 1. The molecule has 0 aliphatic carbocycles. The first-order valence-electron chi connectivity index (χ1n) is 10.00. The van der Waals surface area contributed by atoms with Gasteiger partial charge in [0, 0.05) is 13.3 Å². The maximum atomic E-state index is 11.5. The number of aliphatic hydroxyl groups is 1. The Bertz CT molecular complexity index is 764. The van der Waals surface area contributed by atoms with Gasteiger partial charge in [0.05, 0.1) is 6.61 Å². The molecule has 1 aliphatic heterocycles. The van der Waals surface area contributed by atoms with Crippen molar-refractivity contribution < 1.29 is 23.8 Å². The van der Waals surface area contributed by atoms with Crippen molar-refractivity contribution in [3.05, 3.63) is 60.7 Å². The molecule has 156 valence electrons. The number of benzene rings is 2. The lowest BCUT2D eigenvalue weighted by molar-refractivity contribution is -0.151. The quantitative estimate of drug-likeness (QED) is 0.581. The Balaban J connectivity index is 1.99. The summed E-state index contributed by atoms with van der Waals surface area (Å²) in [5, 5.41) is 12.1. The monoisotopic (exact) mass is 414 g/mol. The van der Waals surface area contributed by atoms with Crippen LogP contribution >= 0.6 is 0 Å². The smallest absolute Gasteiger partial charge is 0.302 e. The Morgan fingerprint density at radius 2 is 1.59 bits per heavy atom. The second-order valence-electron chi connectivity index (χ2n) is 8.49. The van der Waals surface area contributed by atoms with E-state index in [9.17, 15) is 9.90 Å². The molecule has 1 saturated heterocycles. The van der Waals surface area contributed by atoms with Gasteiger partial charge in [-0.15, -0.1) is 0 Å². The summed E-state index contributed by atoms with van der Waals surface area (Å²) in [6.45, 7) is 8.21. The third kappa shape index (κ3) is 4.61. The van der Waals surface area contributed by atoms with Crippen molar-refractivity contribution in [1.29, 1.82) is 0 Å². The minimum absolute atomic E-state index is 0.163. The highest BCUT2D eigenvalue weighted by molar-refractivity contribution is 6.99. The van der Waals surface area contributed by atoms with Gasteiger partial charge >= 0.3 is 5.97 Å². The van der Waals surface area contributed by atoms with E-state index in [1.807, 2.05) is 36.4 Å². The lowest BCUT2D eigenvalue weighted by Gasteiger charge is -2.43. The van der Waals surface area contributed by atoms with Gasteiger partial charge in [-0.05, 0) is 15.4 Å². The summed E-state index contributed by atoms with van der Waals surface area (Å²) in [7, 11) is -2.71. The molecule has 6 heteroatoms. The highest BCUT2D eigenvalue weighted by atomic mass is 28.4. The minimum atomic E-state index is -2.71. The van der Waals surface area contributed by atoms with Gasteiger partial charge in [0.2, 0.25) is 0 Å². The van der Waals surface area contributed by atoms with Crippen molar-refractivity contribution >= 4 is 24.7 Å². The zero-order valence-electron chi connectivity index (χ0n) is 17.5. The van der Waals surface area contributed by atoms with E-state index in [1.54, 1.807) is 0 Å². The van der Waals surface area contributed by atoms with Crippen molar-refractivity contribution in [2.45, 2.75) is 57.7 Å². The predicted molar refractivity (Wildman–Crippen MR) is 115 cm³/mol. The van der Waals surface area contributed by atoms with E-state index in [4.69, 9.17) is 13.9 Å². The van der Waals surface area contributed by atoms with Gasteiger partial charge in [-0.2, -0.15) is 0 Å². The highest BCUT2D eigenvalue weighted by Gasteiger charge is 2.51. The van der Waals surface area contributed by atoms with Crippen LogP contribution in [-0.2, 0) is 18.7 Å². The third-order valence-corrected chi connectivity index (χ3v) is 10.4. The zero-order valence-corrected chi connectivity index (χ0v) is 18.5. The molecule has 1 aliphatic rings. The molecule has 0 aromatic heterocycles. The summed E-state index contributed by atoms with van der Waals surface area (Å²) in [6.07, 6.45) is -1.71. The molecule has 0 radical (unpaired) electrons. The molecule has 0 amide bonds. The highest BCUT2D eigenvalue weighted by Crippen LogP contribution is 2.37. The summed E-state index contributed by atoms with van der Waals surface area (Å²) in [6, 6.07) is 20.6. The Kier molecular flexibility index (Phi) is 6.58. The van der Waals surface area contributed by atoms with E-state index >= 15 is 0 Å². The Hall–Kier alpha value is -1.99. The van der Waals surface area contributed by atoms with Gasteiger partial charge in [0.25, 0.3) is 8.32 Å². The van der Waals surface area contributed by atoms with E-state index < -0.39 is 26.8 Å². The molecule has 3 rings (SSSR count). The molecule has 0 spiro atoms. The lowest BCUT2D eigenvalue weighted by Crippen LogP contribution is -2.67. The van der Waals surface area contributed by atoms with Crippen molar-refractivity contribution in [3.63, 3.8) is 0 Å². The maximum absolute atomic E-state index is 11.5. The molecule has 1 heterocycles. The SMILES string of the molecule is CC(=O)O[C@@H]1C[C@H](O)O[C@H]1CO[Si](c1ccccc1)(c1ccccc1)C(C)(C)C. The summed E-state index contributed by atoms with van der Waals surface area (Å²) >= 11 is 0. The lowest BCUT2D eigenvalue weighted by atomic mass is 10.2. The number of esters is 1. The molecular formula is C23H30O5Si. The van der Waals surface area contributed by atoms with Crippen LogP contribution in [0.2, 0.25) is 5.04 Å². The number of rotatable bonds is 6. The zero-order chi connectivity index (χ0) is 21.1. The van der Waals surface area contributed by atoms with Crippen molar-refractivity contribution in [2.75, 3.05) is 6.61 Å². The summed E-state index contributed by atoms with van der Waals surface area (Å²) < 4.78 is 17.8. The van der Waals surface area contributed by atoms with Gasteiger partial charge in [0.1, 0.15) is 12.2 Å². The minimum Gasteiger partial charge on any atom is -0.459 e.